The van der Waals surface area contributed by atoms with E-state index in [1.165, 1.54) is 6.42 Å². The van der Waals surface area contributed by atoms with Crippen molar-refractivity contribution in [2.24, 2.45) is 21.5 Å². The van der Waals surface area contributed by atoms with Gasteiger partial charge in [-0.3, -0.25) is 4.90 Å². The van der Waals surface area contributed by atoms with E-state index in [1.54, 1.807) is 0 Å². The molecular weight excluding hydrogens is 340 g/mol. The second-order valence-electron chi connectivity index (χ2n) is 7.24. The van der Waals surface area contributed by atoms with Crippen LogP contribution in [-0.2, 0) is 6.42 Å². The van der Waals surface area contributed by atoms with Crippen molar-refractivity contribution >= 4 is 17.6 Å². The molecule has 1 aliphatic heterocycles. The SMILES string of the molecule is CCc1nc(-c2cccc(N3C(N)=NC(N)=NC34CCCCC4)c2)oc1C. The van der Waals surface area contributed by atoms with E-state index < -0.39 is 5.66 Å². The quantitative estimate of drug-likeness (QED) is 0.867. The molecule has 4 N–H and O–H groups in total. The molecule has 0 saturated heterocycles. The van der Waals surface area contributed by atoms with E-state index in [0.29, 0.717) is 11.9 Å². The number of anilines is 1. The summed E-state index contributed by atoms with van der Waals surface area (Å²) in [6, 6.07) is 8.05. The predicted molar refractivity (Wildman–Crippen MR) is 108 cm³/mol. The maximum atomic E-state index is 6.32. The summed E-state index contributed by atoms with van der Waals surface area (Å²) in [6.07, 6.45) is 6.06. The number of hydrogen-bond acceptors (Lipinski definition) is 7. The van der Waals surface area contributed by atoms with E-state index in [9.17, 15) is 0 Å². The lowest BCUT2D eigenvalue weighted by Gasteiger charge is -2.45. The van der Waals surface area contributed by atoms with Gasteiger partial charge >= 0.3 is 0 Å². The summed E-state index contributed by atoms with van der Waals surface area (Å²) >= 11 is 0. The Bertz CT molecular complexity index is 907. The molecule has 1 aromatic carbocycles. The molecule has 7 nitrogen and oxygen atoms in total. The zero-order valence-electron chi connectivity index (χ0n) is 15.9. The summed E-state index contributed by atoms with van der Waals surface area (Å²) < 4.78 is 5.88. The van der Waals surface area contributed by atoms with Crippen molar-refractivity contribution in [1.29, 1.82) is 0 Å². The molecule has 27 heavy (non-hydrogen) atoms. The average molecular weight is 366 g/mol. The number of benzene rings is 1. The number of guanidine groups is 2. The lowest BCUT2D eigenvalue weighted by atomic mass is 9.87. The van der Waals surface area contributed by atoms with Crippen molar-refractivity contribution in [3.8, 4) is 11.5 Å². The van der Waals surface area contributed by atoms with Gasteiger partial charge in [0.1, 0.15) is 11.4 Å². The highest BCUT2D eigenvalue weighted by molar-refractivity contribution is 6.05. The molecule has 1 fully saturated rings. The van der Waals surface area contributed by atoms with Gasteiger partial charge in [0.25, 0.3) is 0 Å². The van der Waals surface area contributed by atoms with E-state index in [0.717, 1.165) is 54.8 Å². The van der Waals surface area contributed by atoms with Gasteiger partial charge in [0.05, 0.1) is 5.69 Å². The van der Waals surface area contributed by atoms with Gasteiger partial charge in [-0.15, -0.1) is 0 Å². The zero-order chi connectivity index (χ0) is 19.0. The van der Waals surface area contributed by atoms with Crippen LogP contribution >= 0.6 is 0 Å². The summed E-state index contributed by atoms with van der Waals surface area (Å²) in [5.41, 5.74) is 14.7. The first-order valence-electron chi connectivity index (χ1n) is 9.59. The number of nitrogens with two attached hydrogens (primary N) is 2. The van der Waals surface area contributed by atoms with Gasteiger partial charge < -0.3 is 15.9 Å². The van der Waals surface area contributed by atoms with Crippen LogP contribution in [0.5, 0.6) is 0 Å². The normalized spacial score (nSPS) is 19.1. The number of hydrogen-bond donors (Lipinski definition) is 2. The Hall–Kier alpha value is -2.83. The third-order valence-corrected chi connectivity index (χ3v) is 5.43. The summed E-state index contributed by atoms with van der Waals surface area (Å²) in [5, 5.41) is 0. The van der Waals surface area contributed by atoms with Crippen molar-refractivity contribution in [3.05, 3.63) is 35.7 Å². The molecule has 1 spiro atoms. The van der Waals surface area contributed by atoms with Gasteiger partial charge in [-0.1, -0.05) is 19.4 Å². The number of nitrogens with zero attached hydrogens (tertiary/aromatic N) is 4. The first-order valence-corrected chi connectivity index (χ1v) is 9.59. The van der Waals surface area contributed by atoms with Crippen molar-refractivity contribution in [1.82, 2.24) is 4.98 Å². The first kappa shape index (κ1) is 17.6. The summed E-state index contributed by atoms with van der Waals surface area (Å²) in [6.45, 7) is 4.02. The minimum absolute atomic E-state index is 0.262. The fraction of sp³-hybridized carbons (Fsp3) is 0.450. The summed E-state index contributed by atoms with van der Waals surface area (Å²) in [7, 11) is 0. The fourth-order valence-corrected chi connectivity index (χ4v) is 4.15. The van der Waals surface area contributed by atoms with Gasteiger partial charge in [0, 0.05) is 11.3 Å². The van der Waals surface area contributed by atoms with Crippen LogP contribution < -0.4 is 16.4 Å². The number of aliphatic imine (C=N–C) groups is 2. The van der Waals surface area contributed by atoms with Crippen LogP contribution in [0.15, 0.2) is 38.7 Å². The second-order valence-corrected chi connectivity index (χ2v) is 7.24. The van der Waals surface area contributed by atoms with Crippen LogP contribution in [0.1, 0.15) is 50.5 Å². The molecule has 2 heterocycles. The van der Waals surface area contributed by atoms with Gasteiger partial charge in [0.2, 0.25) is 17.8 Å². The number of aryl methyl sites for hydroxylation is 2. The highest BCUT2D eigenvalue weighted by Gasteiger charge is 2.42. The molecule has 0 bridgehead atoms. The smallest absolute Gasteiger partial charge is 0.226 e. The van der Waals surface area contributed by atoms with E-state index in [-0.39, 0.29) is 5.96 Å². The molecule has 142 valence electrons. The fourth-order valence-electron chi connectivity index (χ4n) is 4.15. The van der Waals surface area contributed by atoms with E-state index in [4.69, 9.17) is 20.9 Å². The molecule has 7 heteroatoms. The largest absolute Gasteiger partial charge is 0.441 e. The Balaban J connectivity index is 1.76. The van der Waals surface area contributed by atoms with Gasteiger partial charge in [-0.05, 0) is 57.2 Å². The Morgan fingerprint density at radius 2 is 1.96 bits per heavy atom. The highest BCUT2D eigenvalue weighted by atomic mass is 16.4. The van der Waals surface area contributed by atoms with Crippen LogP contribution in [0.3, 0.4) is 0 Å². The summed E-state index contributed by atoms with van der Waals surface area (Å²) in [5.74, 6) is 2.13. The molecular formula is C20H26N6O. The van der Waals surface area contributed by atoms with Gasteiger partial charge in [0.15, 0.2) is 0 Å². The van der Waals surface area contributed by atoms with Crippen molar-refractivity contribution < 1.29 is 4.42 Å². The molecule has 1 saturated carbocycles. The van der Waals surface area contributed by atoms with E-state index in [1.807, 2.05) is 36.1 Å². The standard InChI is InChI=1S/C20H26N6O/c1-3-16-13(2)27-17(23-16)14-8-7-9-15(12-14)26-19(22)24-18(21)25-20(26)10-5-4-6-11-20/h7-9,12H,3-6,10-11H2,1-2H3,(H4,21,22,24,25). The van der Waals surface area contributed by atoms with E-state index >= 15 is 0 Å². The third-order valence-electron chi connectivity index (χ3n) is 5.43. The van der Waals surface area contributed by atoms with Crippen LogP contribution in [0.2, 0.25) is 0 Å². The second kappa shape index (κ2) is 6.72. The third kappa shape index (κ3) is 3.07. The Morgan fingerprint density at radius 1 is 1.19 bits per heavy atom. The Morgan fingerprint density at radius 3 is 2.67 bits per heavy atom. The predicted octanol–water partition coefficient (Wildman–Crippen LogP) is 3.32. The average Bonchev–Trinajstić information content (AvgIpc) is 3.03. The van der Waals surface area contributed by atoms with Crippen molar-refractivity contribution in [2.45, 2.75) is 58.0 Å². The minimum Gasteiger partial charge on any atom is -0.441 e. The van der Waals surface area contributed by atoms with E-state index in [2.05, 4.69) is 16.9 Å². The van der Waals surface area contributed by atoms with Gasteiger partial charge in [-0.2, -0.15) is 4.99 Å². The Kier molecular flexibility index (Phi) is 4.37. The number of rotatable bonds is 3. The first-order chi connectivity index (χ1) is 13.0. The molecule has 0 atom stereocenters. The summed E-state index contributed by atoms with van der Waals surface area (Å²) in [4.78, 5) is 15.6. The van der Waals surface area contributed by atoms with Crippen LogP contribution in [0, 0.1) is 6.92 Å². The van der Waals surface area contributed by atoms with Crippen LogP contribution in [0.25, 0.3) is 11.5 Å². The molecule has 4 rings (SSSR count). The molecule has 0 amide bonds. The molecule has 0 radical (unpaired) electrons. The van der Waals surface area contributed by atoms with Crippen molar-refractivity contribution in [3.63, 3.8) is 0 Å². The minimum atomic E-state index is -0.451. The monoisotopic (exact) mass is 366 g/mol. The van der Waals surface area contributed by atoms with Crippen LogP contribution in [-0.4, -0.2) is 22.6 Å². The van der Waals surface area contributed by atoms with Crippen molar-refractivity contribution in [2.75, 3.05) is 4.90 Å². The molecule has 1 aliphatic carbocycles. The topological polar surface area (TPSA) is 106 Å². The molecule has 1 aromatic heterocycles. The highest BCUT2D eigenvalue weighted by Crippen LogP contribution is 2.40. The lowest BCUT2D eigenvalue weighted by molar-refractivity contribution is 0.305. The maximum Gasteiger partial charge on any atom is 0.226 e. The van der Waals surface area contributed by atoms with Gasteiger partial charge in [-0.25, -0.2) is 9.98 Å². The number of oxazole rings is 1. The molecule has 2 aliphatic rings. The molecule has 2 aromatic rings. The molecule has 0 unspecified atom stereocenters. The lowest BCUT2D eigenvalue weighted by Crippen LogP contribution is -2.58. The zero-order valence-corrected chi connectivity index (χ0v) is 15.9. The Labute approximate surface area is 159 Å². The van der Waals surface area contributed by atoms with Crippen LogP contribution in [0.4, 0.5) is 5.69 Å². The number of aromatic nitrogens is 1. The maximum absolute atomic E-state index is 6.32.